The number of benzene rings is 1. The van der Waals surface area contributed by atoms with Crippen molar-refractivity contribution in [2.45, 2.75) is 20.3 Å². The Labute approximate surface area is 123 Å². The van der Waals surface area contributed by atoms with E-state index in [0.717, 1.165) is 23.2 Å². The van der Waals surface area contributed by atoms with Crippen LogP contribution in [0.3, 0.4) is 0 Å². The molecule has 2 N–H and O–H groups in total. The quantitative estimate of drug-likeness (QED) is 0.851. The molecule has 0 fully saturated rings. The molecule has 2 rings (SSSR count). The lowest BCUT2D eigenvalue weighted by atomic mass is 10.1. The third kappa shape index (κ3) is 3.74. The lowest BCUT2D eigenvalue weighted by molar-refractivity contribution is 0.0995. The van der Waals surface area contributed by atoms with Crippen molar-refractivity contribution in [2.24, 2.45) is 0 Å². The number of carbonyl (C=O) groups excluding carboxylic acids is 1. The number of hydrogen-bond acceptors (Lipinski definition) is 3. The van der Waals surface area contributed by atoms with Crippen molar-refractivity contribution in [3.63, 3.8) is 0 Å². The van der Waals surface area contributed by atoms with Crippen molar-refractivity contribution in [1.29, 1.82) is 0 Å². The van der Waals surface area contributed by atoms with Crippen LogP contribution >= 0.6 is 0 Å². The summed E-state index contributed by atoms with van der Waals surface area (Å²) in [5.74, 6) is 6.18. The molecule has 1 amide bonds. The van der Waals surface area contributed by atoms with Gasteiger partial charge in [-0.2, -0.15) is 0 Å². The summed E-state index contributed by atoms with van der Waals surface area (Å²) < 4.78 is 5.31. The second-order valence-corrected chi connectivity index (χ2v) is 4.55. The van der Waals surface area contributed by atoms with Gasteiger partial charge in [-0.15, -0.1) is 0 Å². The zero-order valence-electron chi connectivity index (χ0n) is 12.1. The first-order valence-electron chi connectivity index (χ1n) is 6.74. The second-order valence-electron chi connectivity index (χ2n) is 4.55. The third-order valence-electron chi connectivity index (χ3n) is 3.01. The Bertz CT molecular complexity index is 704. The predicted octanol–water partition coefficient (Wildman–Crippen LogP) is 2.75. The number of aliphatic hydroxyl groups is 1. The second kappa shape index (κ2) is 6.78. The summed E-state index contributed by atoms with van der Waals surface area (Å²) >= 11 is 0. The lowest BCUT2D eigenvalue weighted by Gasteiger charge is -2.09. The Kier molecular flexibility index (Phi) is 4.81. The van der Waals surface area contributed by atoms with E-state index in [0.29, 0.717) is 11.5 Å². The van der Waals surface area contributed by atoms with Gasteiger partial charge < -0.3 is 14.8 Å². The molecule has 2 aromatic rings. The average Bonchev–Trinajstić information content (AvgIpc) is 2.92. The molecule has 0 radical (unpaired) electrons. The van der Waals surface area contributed by atoms with Crippen LogP contribution in [0.25, 0.3) is 0 Å². The van der Waals surface area contributed by atoms with Crippen molar-refractivity contribution in [2.75, 3.05) is 11.9 Å². The SMILES string of the molecule is CCc1cc(C#CCO)ccc1NC(=O)c1ccc(C)o1. The highest BCUT2D eigenvalue weighted by Gasteiger charge is 2.12. The van der Waals surface area contributed by atoms with Crippen LogP contribution in [0.2, 0.25) is 0 Å². The molecule has 0 saturated heterocycles. The van der Waals surface area contributed by atoms with Gasteiger partial charge in [0.25, 0.3) is 5.91 Å². The fraction of sp³-hybridized carbons (Fsp3) is 0.235. The van der Waals surface area contributed by atoms with Crippen molar-refractivity contribution in [3.8, 4) is 11.8 Å². The first kappa shape index (κ1) is 14.9. The van der Waals surface area contributed by atoms with Crippen LogP contribution < -0.4 is 5.32 Å². The van der Waals surface area contributed by atoms with E-state index in [4.69, 9.17) is 9.52 Å². The fourth-order valence-corrected chi connectivity index (χ4v) is 1.97. The summed E-state index contributed by atoms with van der Waals surface area (Å²) in [6.45, 7) is 3.63. The van der Waals surface area contributed by atoms with Crippen molar-refractivity contribution in [1.82, 2.24) is 0 Å². The highest BCUT2D eigenvalue weighted by Crippen LogP contribution is 2.19. The van der Waals surface area contributed by atoms with Gasteiger partial charge in [-0.1, -0.05) is 18.8 Å². The number of anilines is 1. The molecule has 0 aliphatic rings. The molecule has 0 bridgehead atoms. The molecule has 0 atom stereocenters. The van der Waals surface area contributed by atoms with Gasteiger partial charge in [0.1, 0.15) is 12.4 Å². The average molecular weight is 283 g/mol. The molecular formula is C17H17NO3. The summed E-state index contributed by atoms with van der Waals surface area (Å²) in [6.07, 6.45) is 0.765. The van der Waals surface area contributed by atoms with Gasteiger partial charge in [0.05, 0.1) is 0 Å². The Balaban J connectivity index is 2.21. The van der Waals surface area contributed by atoms with Crippen molar-refractivity contribution >= 4 is 11.6 Å². The van der Waals surface area contributed by atoms with Crippen molar-refractivity contribution < 1.29 is 14.3 Å². The van der Waals surface area contributed by atoms with E-state index in [9.17, 15) is 4.79 Å². The highest BCUT2D eigenvalue weighted by molar-refractivity contribution is 6.02. The summed E-state index contributed by atoms with van der Waals surface area (Å²) in [6, 6.07) is 8.94. The number of amides is 1. The van der Waals surface area contributed by atoms with Gasteiger partial charge >= 0.3 is 0 Å². The molecule has 0 saturated carbocycles. The summed E-state index contributed by atoms with van der Waals surface area (Å²) in [5, 5.41) is 11.6. The zero-order chi connectivity index (χ0) is 15.2. The topological polar surface area (TPSA) is 62.5 Å². The van der Waals surface area contributed by atoms with Crippen LogP contribution in [-0.2, 0) is 6.42 Å². The van der Waals surface area contributed by atoms with Gasteiger partial charge in [0, 0.05) is 11.3 Å². The number of furan rings is 1. The van der Waals surface area contributed by atoms with E-state index in [2.05, 4.69) is 17.2 Å². The number of carbonyl (C=O) groups is 1. The van der Waals surface area contributed by atoms with Crippen LogP contribution in [0, 0.1) is 18.8 Å². The lowest BCUT2D eigenvalue weighted by Crippen LogP contribution is -2.12. The smallest absolute Gasteiger partial charge is 0.291 e. The summed E-state index contributed by atoms with van der Waals surface area (Å²) in [4.78, 5) is 12.1. The maximum absolute atomic E-state index is 12.1. The molecule has 4 nitrogen and oxygen atoms in total. The van der Waals surface area contributed by atoms with Crippen LogP contribution in [0.1, 0.15) is 34.4 Å². The van der Waals surface area contributed by atoms with E-state index in [1.165, 1.54) is 0 Å². The minimum Gasteiger partial charge on any atom is -0.456 e. The minimum absolute atomic E-state index is 0.169. The Morgan fingerprint density at radius 2 is 2.14 bits per heavy atom. The maximum atomic E-state index is 12.1. The molecule has 21 heavy (non-hydrogen) atoms. The van der Waals surface area contributed by atoms with E-state index in [1.54, 1.807) is 19.1 Å². The highest BCUT2D eigenvalue weighted by atomic mass is 16.3. The number of hydrogen-bond donors (Lipinski definition) is 2. The van der Waals surface area contributed by atoms with Gasteiger partial charge in [0.15, 0.2) is 5.76 Å². The molecule has 1 aromatic heterocycles. The van der Waals surface area contributed by atoms with Gasteiger partial charge in [-0.3, -0.25) is 4.79 Å². The van der Waals surface area contributed by atoms with Crippen LogP contribution in [-0.4, -0.2) is 17.6 Å². The minimum atomic E-state index is -0.271. The normalized spacial score (nSPS) is 9.86. The summed E-state index contributed by atoms with van der Waals surface area (Å²) in [7, 11) is 0. The molecule has 0 aliphatic heterocycles. The molecule has 108 valence electrons. The van der Waals surface area contributed by atoms with Gasteiger partial charge in [-0.05, 0) is 49.2 Å². The number of rotatable bonds is 3. The van der Waals surface area contributed by atoms with Gasteiger partial charge in [-0.25, -0.2) is 0 Å². The standard InChI is InChI=1S/C17H17NO3/c1-3-14-11-13(5-4-10-19)7-8-15(14)18-17(20)16-9-6-12(2)21-16/h6-9,11,19H,3,10H2,1-2H3,(H,18,20). The first-order chi connectivity index (χ1) is 10.1. The van der Waals surface area contributed by atoms with E-state index >= 15 is 0 Å². The zero-order valence-corrected chi connectivity index (χ0v) is 12.1. The molecule has 1 aromatic carbocycles. The van der Waals surface area contributed by atoms with Crippen LogP contribution in [0.5, 0.6) is 0 Å². The Morgan fingerprint density at radius 3 is 2.76 bits per heavy atom. The number of nitrogens with one attached hydrogen (secondary N) is 1. The first-order valence-corrected chi connectivity index (χ1v) is 6.74. The van der Waals surface area contributed by atoms with Crippen LogP contribution in [0.4, 0.5) is 5.69 Å². The van der Waals surface area contributed by atoms with Crippen LogP contribution in [0.15, 0.2) is 34.7 Å². The summed E-state index contributed by atoms with van der Waals surface area (Å²) in [5.41, 5.74) is 2.54. The molecule has 0 spiro atoms. The maximum Gasteiger partial charge on any atom is 0.291 e. The predicted molar refractivity (Wildman–Crippen MR) is 81.2 cm³/mol. The van der Waals surface area contributed by atoms with E-state index < -0.39 is 0 Å². The van der Waals surface area contributed by atoms with E-state index in [1.807, 2.05) is 25.1 Å². The van der Waals surface area contributed by atoms with E-state index in [-0.39, 0.29) is 12.5 Å². The molecular weight excluding hydrogens is 266 g/mol. The van der Waals surface area contributed by atoms with Crippen molar-refractivity contribution in [3.05, 3.63) is 53.0 Å². The Morgan fingerprint density at radius 1 is 1.33 bits per heavy atom. The number of aliphatic hydroxyl groups excluding tert-OH is 1. The fourth-order valence-electron chi connectivity index (χ4n) is 1.97. The number of aryl methyl sites for hydroxylation is 2. The monoisotopic (exact) mass is 283 g/mol. The Hall–Kier alpha value is -2.51. The molecule has 0 unspecified atom stereocenters. The largest absolute Gasteiger partial charge is 0.456 e. The van der Waals surface area contributed by atoms with Gasteiger partial charge in [0.2, 0.25) is 0 Å². The molecule has 1 heterocycles. The molecule has 4 heteroatoms. The third-order valence-corrected chi connectivity index (χ3v) is 3.01. The molecule has 0 aliphatic carbocycles.